The number of hydrogen-bond acceptors (Lipinski definition) is 0. The molecule has 11 heavy (non-hydrogen) atoms. The highest BCUT2D eigenvalue weighted by Gasteiger charge is 2.37. The minimum atomic E-state index is 0.435. The van der Waals surface area contributed by atoms with Gasteiger partial charge in [-0.25, -0.2) is 0 Å². The Morgan fingerprint density at radius 2 is 2.18 bits per heavy atom. The third-order valence-corrected chi connectivity index (χ3v) is 2.73. The molecule has 0 nitrogen and oxygen atoms in total. The number of fused-ring (bicyclic) bond motifs is 2. The minimum absolute atomic E-state index is 0.435. The molecule has 2 unspecified atom stereocenters. The summed E-state index contributed by atoms with van der Waals surface area (Å²) in [7, 11) is 0. The first-order valence-corrected chi connectivity index (χ1v) is 4.18. The summed E-state index contributed by atoms with van der Waals surface area (Å²) in [5.41, 5.74) is 0.435. The molecule has 2 aliphatic rings. The zero-order valence-corrected chi connectivity index (χ0v) is 7.05. The molecule has 0 N–H and O–H groups in total. The molecule has 1 saturated carbocycles. The fourth-order valence-electron chi connectivity index (χ4n) is 2.04. The summed E-state index contributed by atoms with van der Waals surface area (Å²) in [4.78, 5) is 0. The van der Waals surface area contributed by atoms with Gasteiger partial charge in [-0.05, 0) is 25.2 Å². The van der Waals surface area contributed by atoms with E-state index in [0.29, 0.717) is 5.41 Å². The van der Waals surface area contributed by atoms with Crippen LogP contribution >= 0.6 is 0 Å². The van der Waals surface area contributed by atoms with Gasteiger partial charge in [0.2, 0.25) is 0 Å². The van der Waals surface area contributed by atoms with Crippen molar-refractivity contribution in [1.29, 1.82) is 0 Å². The molecule has 2 bridgehead atoms. The van der Waals surface area contributed by atoms with Crippen molar-refractivity contribution in [3.8, 4) is 0 Å². The van der Waals surface area contributed by atoms with E-state index in [0.717, 1.165) is 5.92 Å². The predicted molar refractivity (Wildman–Crippen MR) is 50.4 cm³/mol. The Bertz CT molecular complexity index is 178. The third kappa shape index (κ3) is 1.30. The summed E-state index contributed by atoms with van der Waals surface area (Å²) in [5, 5.41) is 0. The molecule has 0 aromatic carbocycles. The highest BCUT2D eigenvalue weighted by molar-refractivity contribution is 5.21. The van der Waals surface area contributed by atoms with Crippen molar-refractivity contribution in [2.45, 2.75) is 19.3 Å². The first-order chi connectivity index (χ1) is 5.35. The molecule has 0 radical (unpaired) electrons. The molecule has 0 amide bonds. The summed E-state index contributed by atoms with van der Waals surface area (Å²) in [6.45, 7) is 9.86. The van der Waals surface area contributed by atoms with Crippen LogP contribution in [0.3, 0.4) is 0 Å². The van der Waals surface area contributed by atoms with Crippen molar-refractivity contribution in [3.63, 3.8) is 0 Å². The first kappa shape index (κ1) is 8.32. The smallest absolute Gasteiger partial charge is 0.00642 e. The molecular formula is C11H16. The first-order valence-electron chi connectivity index (χ1n) is 4.18. The van der Waals surface area contributed by atoms with Crippen LogP contribution in [0.5, 0.6) is 0 Å². The highest BCUT2D eigenvalue weighted by atomic mass is 14.4. The maximum Gasteiger partial charge on any atom is 0.00642 e. The predicted octanol–water partition coefficient (Wildman–Crippen LogP) is 3.33. The summed E-state index contributed by atoms with van der Waals surface area (Å²) in [5.74, 6) is 0.892. The normalized spacial score (nSPS) is 38.0. The van der Waals surface area contributed by atoms with Crippen LogP contribution in [0.4, 0.5) is 0 Å². The fourth-order valence-corrected chi connectivity index (χ4v) is 2.04. The van der Waals surface area contributed by atoms with E-state index in [4.69, 9.17) is 0 Å². The third-order valence-electron chi connectivity index (χ3n) is 2.73. The molecule has 0 spiro atoms. The molecule has 0 aromatic heterocycles. The zero-order valence-electron chi connectivity index (χ0n) is 7.05. The van der Waals surface area contributed by atoms with Crippen molar-refractivity contribution >= 4 is 0 Å². The van der Waals surface area contributed by atoms with Crippen LogP contribution in [0.25, 0.3) is 0 Å². The minimum Gasteiger partial charge on any atom is -0.106 e. The van der Waals surface area contributed by atoms with Crippen LogP contribution in [0.15, 0.2) is 38.0 Å². The Morgan fingerprint density at radius 1 is 1.45 bits per heavy atom. The molecule has 0 heterocycles. The highest BCUT2D eigenvalue weighted by Crippen LogP contribution is 2.49. The van der Waals surface area contributed by atoms with Crippen LogP contribution in [-0.4, -0.2) is 0 Å². The molecule has 1 fully saturated rings. The number of allylic oxidation sites excluding steroid dienone is 3. The van der Waals surface area contributed by atoms with Crippen molar-refractivity contribution in [2.75, 3.05) is 0 Å². The van der Waals surface area contributed by atoms with E-state index in [1.807, 2.05) is 0 Å². The van der Waals surface area contributed by atoms with Crippen LogP contribution in [-0.2, 0) is 0 Å². The van der Waals surface area contributed by atoms with Crippen molar-refractivity contribution in [2.24, 2.45) is 11.3 Å². The lowest BCUT2D eigenvalue weighted by Crippen LogP contribution is -2.05. The van der Waals surface area contributed by atoms with Gasteiger partial charge in [0, 0.05) is 5.41 Å². The van der Waals surface area contributed by atoms with Gasteiger partial charge in [-0.15, -0.1) is 19.7 Å². The quantitative estimate of drug-likeness (QED) is 0.500. The maximum atomic E-state index is 3.86. The Labute approximate surface area is 69.3 Å². The van der Waals surface area contributed by atoms with Gasteiger partial charge in [0.25, 0.3) is 0 Å². The van der Waals surface area contributed by atoms with Gasteiger partial charge in [0.15, 0.2) is 0 Å². The van der Waals surface area contributed by atoms with Gasteiger partial charge in [-0.2, -0.15) is 0 Å². The second-order valence-electron chi connectivity index (χ2n) is 3.30. The zero-order chi connectivity index (χ0) is 8.32. The van der Waals surface area contributed by atoms with E-state index in [1.165, 1.54) is 19.3 Å². The van der Waals surface area contributed by atoms with Crippen LogP contribution in [0, 0.1) is 11.3 Å². The molecule has 0 saturated heterocycles. The Morgan fingerprint density at radius 3 is 2.36 bits per heavy atom. The van der Waals surface area contributed by atoms with E-state index in [-0.39, 0.29) is 0 Å². The summed E-state index contributed by atoms with van der Waals surface area (Å²) < 4.78 is 0. The SMILES string of the molecule is C=C.C=CC12C=CC(CC1)C2. The van der Waals surface area contributed by atoms with Gasteiger partial charge in [-0.1, -0.05) is 18.2 Å². The second-order valence-corrected chi connectivity index (χ2v) is 3.30. The van der Waals surface area contributed by atoms with Gasteiger partial charge in [-0.3, -0.25) is 0 Å². The lowest BCUT2D eigenvalue weighted by atomic mass is 9.88. The molecule has 60 valence electrons. The average molecular weight is 148 g/mol. The van der Waals surface area contributed by atoms with Crippen molar-refractivity contribution in [3.05, 3.63) is 38.0 Å². The van der Waals surface area contributed by atoms with E-state index >= 15 is 0 Å². The van der Waals surface area contributed by atoms with E-state index in [2.05, 4.69) is 38.0 Å². The van der Waals surface area contributed by atoms with Crippen LogP contribution in [0.1, 0.15) is 19.3 Å². The van der Waals surface area contributed by atoms with Crippen LogP contribution in [0.2, 0.25) is 0 Å². The summed E-state index contributed by atoms with van der Waals surface area (Å²) in [6.07, 6.45) is 10.9. The molecule has 0 aromatic rings. The van der Waals surface area contributed by atoms with Crippen molar-refractivity contribution in [1.82, 2.24) is 0 Å². The number of hydrogen-bond donors (Lipinski definition) is 0. The Hall–Kier alpha value is -0.780. The molecular weight excluding hydrogens is 132 g/mol. The van der Waals surface area contributed by atoms with E-state index in [1.54, 1.807) is 0 Å². The van der Waals surface area contributed by atoms with Gasteiger partial charge in [0.1, 0.15) is 0 Å². The monoisotopic (exact) mass is 148 g/mol. The molecule has 0 aliphatic heterocycles. The fraction of sp³-hybridized carbons (Fsp3) is 0.455. The second kappa shape index (κ2) is 3.08. The van der Waals surface area contributed by atoms with Gasteiger partial charge < -0.3 is 0 Å². The van der Waals surface area contributed by atoms with Crippen molar-refractivity contribution < 1.29 is 0 Å². The number of rotatable bonds is 1. The van der Waals surface area contributed by atoms with Gasteiger partial charge in [0.05, 0.1) is 0 Å². The lowest BCUT2D eigenvalue weighted by Gasteiger charge is -2.16. The topological polar surface area (TPSA) is 0 Å². The largest absolute Gasteiger partial charge is 0.106 e. The maximum absolute atomic E-state index is 3.86. The van der Waals surface area contributed by atoms with Gasteiger partial charge >= 0.3 is 0 Å². The summed E-state index contributed by atoms with van der Waals surface area (Å²) >= 11 is 0. The molecule has 2 atom stereocenters. The summed E-state index contributed by atoms with van der Waals surface area (Å²) in [6, 6.07) is 0. The van der Waals surface area contributed by atoms with E-state index < -0.39 is 0 Å². The van der Waals surface area contributed by atoms with Crippen LogP contribution < -0.4 is 0 Å². The Kier molecular flexibility index (Phi) is 2.33. The molecule has 2 rings (SSSR count). The lowest BCUT2D eigenvalue weighted by molar-refractivity contribution is 0.525. The molecule has 2 aliphatic carbocycles. The average Bonchev–Trinajstić information content (AvgIpc) is 2.68. The van der Waals surface area contributed by atoms with E-state index in [9.17, 15) is 0 Å². The standard InChI is InChI=1S/C9H12.C2H4/c1-2-9-5-3-8(7-9)4-6-9;1-2/h2-3,5,8H,1,4,6-7H2;1-2H2. The molecule has 0 heteroatoms. The Balaban J connectivity index is 0.000000281.